The van der Waals surface area contributed by atoms with E-state index in [4.69, 9.17) is 4.74 Å². The molecule has 0 fully saturated rings. The van der Waals surface area contributed by atoms with Gasteiger partial charge < -0.3 is 15.0 Å². The highest BCUT2D eigenvalue weighted by Crippen LogP contribution is 2.21. The minimum Gasteiger partial charge on any atom is -0.481 e. The third kappa shape index (κ3) is 4.57. The summed E-state index contributed by atoms with van der Waals surface area (Å²) in [6.45, 7) is 1.71. The average molecular weight is 385 g/mol. The summed E-state index contributed by atoms with van der Waals surface area (Å²) < 4.78 is 5.75. The number of aromatic nitrogens is 3. The number of carbonyl (C=O) groups excluding carboxylic acids is 1. The van der Waals surface area contributed by atoms with Crippen molar-refractivity contribution in [3.63, 3.8) is 0 Å². The largest absolute Gasteiger partial charge is 0.481 e. The lowest BCUT2D eigenvalue weighted by Gasteiger charge is -2.11. The number of aromatic amines is 1. The van der Waals surface area contributed by atoms with E-state index in [-0.39, 0.29) is 17.3 Å². The Labute approximate surface area is 139 Å². The molecule has 7 nitrogen and oxygen atoms in total. The van der Waals surface area contributed by atoms with Gasteiger partial charge >= 0.3 is 0 Å². The summed E-state index contributed by atoms with van der Waals surface area (Å²) in [6, 6.07) is 4.70. The second-order valence-corrected chi connectivity index (χ2v) is 6.45. The molecule has 9 heteroatoms. The van der Waals surface area contributed by atoms with Gasteiger partial charge in [0.1, 0.15) is 5.82 Å². The summed E-state index contributed by atoms with van der Waals surface area (Å²) in [5.41, 5.74) is -0.337. The van der Waals surface area contributed by atoms with Crippen LogP contribution in [0, 0.1) is 0 Å². The zero-order valence-electron chi connectivity index (χ0n) is 11.8. The van der Waals surface area contributed by atoms with E-state index < -0.39 is 5.25 Å². The number of amides is 1. The van der Waals surface area contributed by atoms with Crippen LogP contribution >= 0.6 is 27.7 Å². The van der Waals surface area contributed by atoms with Crippen LogP contribution in [-0.4, -0.2) is 33.2 Å². The molecular formula is C13H13BrN4O3S. The first-order valence-corrected chi connectivity index (χ1v) is 7.89. The highest BCUT2D eigenvalue weighted by atomic mass is 79.9. The molecule has 2 aromatic heterocycles. The normalized spacial score (nSPS) is 11.8. The molecule has 0 spiro atoms. The molecule has 0 aliphatic carbocycles. The summed E-state index contributed by atoms with van der Waals surface area (Å²) in [5, 5.41) is 2.53. The number of hydrogen-bond acceptors (Lipinski definition) is 6. The molecule has 0 unspecified atom stereocenters. The van der Waals surface area contributed by atoms with Crippen LogP contribution in [0.5, 0.6) is 5.88 Å². The number of pyridine rings is 1. The van der Waals surface area contributed by atoms with Gasteiger partial charge in [0.05, 0.1) is 18.4 Å². The van der Waals surface area contributed by atoms with Gasteiger partial charge in [0, 0.05) is 10.7 Å². The highest BCUT2D eigenvalue weighted by molar-refractivity contribution is 9.10. The van der Waals surface area contributed by atoms with Crippen molar-refractivity contribution in [1.82, 2.24) is 15.0 Å². The minimum atomic E-state index is -0.472. The second-order valence-electron chi connectivity index (χ2n) is 4.20. The van der Waals surface area contributed by atoms with Crippen molar-refractivity contribution in [2.75, 3.05) is 12.4 Å². The predicted molar refractivity (Wildman–Crippen MR) is 87.3 cm³/mol. The van der Waals surface area contributed by atoms with Crippen molar-refractivity contribution in [3.05, 3.63) is 39.2 Å². The van der Waals surface area contributed by atoms with E-state index in [0.717, 1.165) is 16.2 Å². The number of thioether (sulfide) groups is 1. The monoisotopic (exact) mass is 384 g/mol. The predicted octanol–water partition coefficient (Wildman–Crippen LogP) is 2.06. The lowest BCUT2D eigenvalue weighted by atomic mass is 10.4. The van der Waals surface area contributed by atoms with Gasteiger partial charge in [0.15, 0.2) is 5.16 Å². The maximum atomic E-state index is 12.1. The molecule has 0 aromatic carbocycles. The van der Waals surface area contributed by atoms with Crippen molar-refractivity contribution in [1.29, 1.82) is 0 Å². The summed E-state index contributed by atoms with van der Waals surface area (Å²) >= 11 is 4.39. The first kappa shape index (κ1) is 16.5. The van der Waals surface area contributed by atoms with E-state index >= 15 is 0 Å². The molecule has 1 atom stereocenters. The van der Waals surface area contributed by atoms with Gasteiger partial charge in [-0.1, -0.05) is 11.8 Å². The van der Waals surface area contributed by atoms with Crippen molar-refractivity contribution in [2.24, 2.45) is 0 Å². The maximum absolute atomic E-state index is 12.1. The van der Waals surface area contributed by atoms with Crippen LogP contribution in [0.15, 0.2) is 38.8 Å². The zero-order chi connectivity index (χ0) is 16.1. The number of ether oxygens (including phenoxy) is 1. The van der Waals surface area contributed by atoms with Crippen LogP contribution in [0.25, 0.3) is 0 Å². The number of H-pyrrole nitrogens is 1. The molecule has 1 amide bonds. The highest BCUT2D eigenvalue weighted by Gasteiger charge is 2.17. The van der Waals surface area contributed by atoms with E-state index in [1.807, 2.05) is 0 Å². The van der Waals surface area contributed by atoms with Gasteiger partial charge in [-0.2, -0.15) is 4.98 Å². The Bertz CT molecular complexity index is 720. The summed E-state index contributed by atoms with van der Waals surface area (Å²) in [5.74, 6) is 0.409. The Kier molecular flexibility index (Phi) is 5.56. The van der Waals surface area contributed by atoms with E-state index in [9.17, 15) is 9.59 Å². The van der Waals surface area contributed by atoms with Gasteiger partial charge in [0.2, 0.25) is 11.8 Å². The number of nitrogens with one attached hydrogen (secondary N) is 2. The third-order valence-electron chi connectivity index (χ3n) is 2.54. The first-order valence-electron chi connectivity index (χ1n) is 6.22. The van der Waals surface area contributed by atoms with E-state index in [2.05, 4.69) is 36.2 Å². The molecule has 2 aromatic rings. The fourth-order valence-electron chi connectivity index (χ4n) is 1.47. The number of carbonyl (C=O) groups is 1. The summed E-state index contributed by atoms with van der Waals surface area (Å²) in [4.78, 5) is 34.2. The Hall–Kier alpha value is -1.87. The number of nitrogens with zero attached hydrogens (tertiary/aromatic N) is 2. The number of rotatable bonds is 5. The first-order chi connectivity index (χ1) is 10.5. The lowest BCUT2D eigenvalue weighted by molar-refractivity contribution is -0.115. The Morgan fingerprint density at radius 1 is 1.50 bits per heavy atom. The van der Waals surface area contributed by atoms with Crippen LogP contribution in [0.2, 0.25) is 0 Å². The van der Waals surface area contributed by atoms with Crippen LogP contribution in [0.4, 0.5) is 5.82 Å². The maximum Gasteiger partial charge on any atom is 0.255 e. The van der Waals surface area contributed by atoms with Gasteiger partial charge in [0.25, 0.3) is 5.56 Å². The van der Waals surface area contributed by atoms with E-state index in [1.165, 1.54) is 13.2 Å². The molecule has 2 heterocycles. The van der Waals surface area contributed by atoms with Gasteiger partial charge in [-0.25, -0.2) is 4.98 Å². The van der Waals surface area contributed by atoms with Crippen molar-refractivity contribution < 1.29 is 9.53 Å². The number of methoxy groups -OCH3 is 1. The van der Waals surface area contributed by atoms with Gasteiger partial charge in [-0.15, -0.1) is 0 Å². The smallest absolute Gasteiger partial charge is 0.255 e. The van der Waals surface area contributed by atoms with Crippen molar-refractivity contribution in [3.8, 4) is 5.88 Å². The molecule has 0 saturated heterocycles. The molecule has 0 aliphatic heterocycles. The molecule has 116 valence electrons. The van der Waals surface area contributed by atoms with Gasteiger partial charge in [-0.3, -0.25) is 9.59 Å². The Balaban J connectivity index is 2.03. The standard InChI is InChI=1S/C13H13BrN4O3S/c1-7(12(20)16-9-4-3-8(14)6-15-9)22-13-17-10(19)5-11(18-13)21-2/h3-7H,1-2H3,(H,15,16,20)(H,17,18,19)/t7-/m1/s1. The molecular weight excluding hydrogens is 372 g/mol. The quantitative estimate of drug-likeness (QED) is 0.604. The minimum absolute atomic E-state index is 0.202. The topological polar surface area (TPSA) is 97.0 Å². The number of anilines is 1. The van der Waals surface area contributed by atoms with Crippen LogP contribution in [0.1, 0.15) is 6.92 Å². The summed E-state index contributed by atoms with van der Waals surface area (Å²) in [7, 11) is 1.42. The SMILES string of the molecule is COc1cc(=O)[nH]c(S[C@H](C)C(=O)Nc2ccc(Br)cn2)n1. The van der Waals surface area contributed by atoms with Gasteiger partial charge in [-0.05, 0) is 35.0 Å². The Morgan fingerprint density at radius 2 is 2.27 bits per heavy atom. The molecule has 2 N–H and O–H groups in total. The average Bonchev–Trinajstić information content (AvgIpc) is 2.48. The molecule has 2 rings (SSSR count). The zero-order valence-corrected chi connectivity index (χ0v) is 14.2. The fraction of sp³-hybridized carbons (Fsp3) is 0.231. The van der Waals surface area contributed by atoms with E-state index in [1.54, 1.807) is 25.3 Å². The third-order valence-corrected chi connectivity index (χ3v) is 4.00. The molecule has 0 aliphatic rings. The number of halogens is 1. The fourth-order valence-corrected chi connectivity index (χ4v) is 2.51. The Morgan fingerprint density at radius 3 is 2.91 bits per heavy atom. The molecule has 0 saturated carbocycles. The molecule has 0 radical (unpaired) electrons. The lowest BCUT2D eigenvalue weighted by Crippen LogP contribution is -2.23. The number of hydrogen-bond donors (Lipinski definition) is 2. The van der Waals surface area contributed by atoms with E-state index in [0.29, 0.717) is 11.0 Å². The van der Waals surface area contributed by atoms with Crippen molar-refractivity contribution >= 4 is 39.4 Å². The van der Waals surface area contributed by atoms with Crippen LogP contribution in [0.3, 0.4) is 0 Å². The molecule has 22 heavy (non-hydrogen) atoms. The molecule has 0 bridgehead atoms. The van der Waals surface area contributed by atoms with Crippen molar-refractivity contribution in [2.45, 2.75) is 17.3 Å². The van der Waals surface area contributed by atoms with Crippen LogP contribution in [-0.2, 0) is 4.79 Å². The van der Waals surface area contributed by atoms with Crippen LogP contribution < -0.4 is 15.6 Å². The second kappa shape index (κ2) is 7.41. The summed E-state index contributed by atoms with van der Waals surface area (Å²) in [6.07, 6.45) is 1.59.